The normalized spacial score (nSPS) is 11.1. The predicted molar refractivity (Wildman–Crippen MR) is 148 cm³/mol. The maximum atomic E-state index is 15.1. The van der Waals surface area contributed by atoms with Crippen molar-refractivity contribution >= 4 is 29.8 Å². The van der Waals surface area contributed by atoms with Gasteiger partial charge >= 0.3 is 0 Å². The van der Waals surface area contributed by atoms with Gasteiger partial charge in [0.15, 0.2) is 28.8 Å². The number of nitrogens with one attached hydrogen (secondary N) is 1. The van der Waals surface area contributed by atoms with Gasteiger partial charge in [0.2, 0.25) is 0 Å². The Bertz CT molecular complexity index is 1550. The number of hydrogen-bond acceptors (Lipinski definition) is 9. The molecular formula is C28H27FN6O5. The number of aromatic nitrogens is 4. The Balaban J connectivity index is 1.56. The number of carbonyl (C=O) groups excluding carboxylic acids is 1. The number of amides is 1. The first kappa shape index (κ1) is 27.8. The van der Waals surface area contributed by atoms with Crippen molar-refractivity contribution in [2.24, 2.45) is 4.99 Å². The molecule has 0 fully saturated rings. The van der Waals surface area contributed by atoms with Crippen molar-refractivity contribution in [1.82, 2.24) is 19.7 Å². The SMILES string of the molecule is C=Nc1cc(OC)c(OC)cc1/C(=C\C)Oc1ccc(NC(=O)c2nn(-c3cnccn3)cc2OCC)c(F)c1. The summed E-state index contributed by atoms with van der Waals surface area (Å²) in [5, 5.41) is 6.79. The zero-order valence-corrected chi connectivity index (χ0v) is 22.3. The highest BCUT2D eigenvalue weighted by Gasteiger charge is 2.21. The second-order valence-electron chi connectivity index (χ2n) is 8.02. The average molecular weight is 547 g/mol. The molecule has 0 spiro atoms. The number of ether oxygens (including phenoxy) is 4. The van der Waals surface area contributed by atoms with Crippen LogP contribution in [-0.4, -0.2) is 53.2 Å². The summed E-state index contributed by atoms with van der Waals surface area (Å²) in [6.07, 6.45) is 7.71. The van der Waals surface area contributed by atoms with Gasteiger partial charge < -0.3 is 24.3 Å². The van der Waals surface area contributed by atoms with Gasteiger partial charge in [0.1, 0.15) is 17.3 Å². The van der Waals surface area contributed by atoms with Gasteiger partial charge in [-0.05, 0) is 44.8 Å². The van der Waals surface area contributed by atoms with Gasteiger partial charge in [0.05, 0.1) is 44.6 Å². The summed E-state index contributed by atoms with van der Waals surface area (Å²) < 4.78 is 38.7. The molecule has 0 radical (unpaired) electrons. The number of nitrogens with zero attached hydrogens (tertiary/aromatic N) is 5. The minimum absolute atomic E-state index is 0.0404. The molecule has 2 heterocycles. The molecule has 2 aromatic heterocycles. The zero-order valence-electron chi connectivity index (χ0n) is 22.3. The maximum Gasteiger partial charge on any atom is 0.280 e. The van der Waals surface area contributed by atoms with Crippen LogP contribution in [0.15, 0.2) is 66.2 Å². The van der Waals surface area contributed by atoms with Crippen molar-refractivity contribution in [1.29, 1.82) is 0 Å². The second kappa shape index (κ2) is 12.5. The first-order chi connectivity index (χ1) is 19.4. The van der Waals surface area contributed by atoms with Crippen LogP contribution in [-0.2, 0) is 0 Å². The van der Waals surface area contributed by atoms with Crippen LogP contribution in [0.25, 0.3) is 11.6 Å². The molecule has 11 nitrogen and oxygen atoms in total. The molecule has 0 bridgehead atoms. The van der Waals surface area contributed by atoms with E-state index < -0.39 is 11.7 Å². The Labute approximate surface area is 229 Å². The molecule has 2 aromatic carbocycles. The highest BCUT2D eigenvalue weighted by molar-refractivity contribution is 6.04. The summed E-state index contributed by atoms with van der Waals surface area (Å²) in [5.74, 6) is 0.728. The molecule has 0 aliphatic heterocycles. The summed E-state index contributed by atoms with van der Waals surface area (Å²) in [7, 11) is 3.03. The summed E-state index contributed by atoms with van der Waals surface area (Å²) in [6, 6.07) is 7.42. The van der Waals surface area contributed by atoms with Gasteiger partial charge in [-0.2, -0.15) is 5.10 Å². The highest BCUT2D eigenvalue weighted by atomic mass is 19.1. The third-order valence-corrected chi connectivity index (χ3v) is 5.60. The molecule has 4 rings (SSSR count). The van der Waals surface area contributed by atoms with Crippen molar-refractivity contribution < 1.29 is 28.1 Å². The van der Waals surface area contributed by atoms with Gasteiger partial charge in [-0.25, -0.2) is 14.1 Å². The van der Waals surface area contributed by atoms with Gasteiger partial charge in [-0.1, -0.05) is 0 Å². The molecule has 0 saturated heterocycles. The summed E-state index contributed by atoms with van der Waals surface area (Å²) >= 11 is 0. The summed E-state index contributed by atoms with van der Waals surface area (Å²) in [4.78, 5) is 25.2. The van der Waals surface area contributed by atoms with Crippen molar-refractivity contribution in [3.8, 4) is 28.8 Å². The molecule has 0 saturated carbocycles. The molecule has 0 atom stereocenters. The minimum Gasteiger partial charge on any atom is -0.493 e. The first-order valence-corrected chi connectivity index (χ1v) is 12.1. The van der Waals surface area contributed by atoms with E-state index >= 15 is 4.39 Å². The smallest absolute Gasteiger partial charge is 0.280 e. The van der Waals surface area contributed by atoms with E-state index in [-0.39, 0.29) is 22.9 Å². The molecule has 40 heavy (non-hydrogen) atoms. The molecule has 0 unspecified atom stereocenters. The average Bonchev–Trinajstić information content (AvgIpc) is 3.41. The molecule has 0 aliphatic carbocycles. The van der Waals surface area contributed by atoms with E-state index in [2.05, 4.69) is 32.1 Å². The van der Waals surface area contributed by atoms with Gasteiger partial charge in [-0.15, -0.1) is 0 Å². The predicted octanol–water partition coefficient (Wildman–Crippen LogP) is 5.24. The number of halogens is 1. The number of methoxy groups -OCH3 is 2. The maximum absolute atomic E-state index is 15.1. The quantitative estimate of drug-likeness (QED) is 0.200. The van der Waals surface area contributed by atoms with E-state index in [4.69, 9.17) is 18.9 Å². The number of allylic oxidation sites excluding steroid dienone is 1. The third kappa shape index (κ3) is 5.90. The topological polar surface area (TPSA) is 122 Å². The van der Waals surface area contributed by atoms with Gasteiger partial charge in [0, 0.05) is 30.1 Å². The molecular weight excluding hydrogens is 519 g/mol. The first-order valence-electron chi connectivity index (χ1n) is 12.1. The number of rotatable bonds is 11. The van der Waals surface area contributed by atoms with Crippen LogP contribution < -0.4 is 24.3 Å². The molecule has 1 N–H and O–H groups in total. The van der Waals surface area contributed by atoms with Crippen molar-refractivity contribution in [3.63, 3.8) is 0 Å². The summed E-state index contributed by atoms with van der Waals surface area (Å²) in [5.41, 5.74) is 0.938. The molecule has 4 aromatic rings. The van der Waals surface area contributed by atoms with Crippen LogP contribution in [0.3, 0.4) is 0 Å². The molecule has 206 valence electrons. The monoisotopic (exact) mass is 546 g/mol. The Morgan fingerprint density at radius 2 is 1.93 bits per heavy atom. The standard InChI is InChI=1S/C28H27FN6O5/c1-6-22(18-13-23(37-4)24(38-5)14-21(18)30-3)40-17-8-9-20(19(29)12-17)33-28(36)27-25(39-7-2)16-35(34-27)26-15-31-10-11-32-26/h6,8-16H,3,7H2,1-2,4-5H3,(H,33,36)/b22-6+. The van der Waals surface area contributed by atoms with E-state index in [1.807, 2.05) is 0 Å². The number of hydrogen-bond donors (Lipinski definition) is 1. The van der Waals surface area contributed by atoms with E-state index in [0.29, 0.717) is 40.9 Å². The lowest BCUT2D eigenvalue weighted by atomic mass is 10.1. The molecule has 0 aliphatic rings. The van der Waals surface area contributed by atoms with E-state index in [9.17, 15) is 4.79 Å². The van der Waals surface area contributed by atoms with Crippen LogP contribution in [0.4, 0.5) is 15.8 Å². The van der Waals surface area contributed by atoms with Crippen LogP contribution in [0.2, 0.25) is 0 Å². The summed E-state index contributed by atoms with van der Waals surface area (Å²) in [6.45, 7) is 7.44. The third-order valence-electron chi connectivity index (χ3n) is 5.60. The Hall–Kier alpha value is -5.26. The number of carbonyl (C=O) groups is 1. The van der Waals surface area contributed by atoms with Crippen LogP contribution in [0.1, 0.15) is 29.9 Å². The zero-order chi connectivity index (χ0) is 28.6. The van der Waals surface area contributed by atoms with E-state index in [1.54, 1.807) is 32.1 Å². The second-order valence-corrected chi connectivity index (χ2v) is 8.02. The van der Waals surface area contributed by atoms with Crippen LogP contribution in [0, 0.1) is 5.82 Å². The lowest BCUT2D eigenvalue weighted by Crippen LogP contribution is -2.15. The fraction of sp³-hybridized carbons (Fsp3) is 0.179. The number of aliphatic imine (C=N–C) groups is 1. The Morgan fingerprint density at radius 1 is 1.15 bits per heavy atom. The van der Waals surface area contributed by atoms with Crippen LogP contribution in [0.5, 0.6) is 23.0 Å². The largest absolute Gasteiger partial charge is 0.493 e. The van der Waals surface area contributed by atoms with E-state index in [1.165, 1.54) is 55.8 Å². The molecule has 12 heteroatoms. The van der Waals surface area contributed by atoms with Crippen molar-refractivity contribution in [2.75, 3.05) is 26.1 Å². The fourth-order valence-corrected chi connectivity index (χ4v) is 3.74. The van der Waals surface area contributed by atoms with Crippen LogP contribution >= 0.6 is 0 Å². The minimum atomic E-state index is -0.720. The lowest BCUT2D eigenvalue weighted by Gasteiger charge is -2.16. The van der Waals surface area contributed by atoms with Gasteiger partial charge in [-0.3, -0.25) is 14.8 Å². The number of benzene rings is 2. The highest BCUT2D eigenvalue weighted by Crippen LogP contribution is 2.39. The van der Waals surface area contributed by atoms with Crippen molar-refractivity contribution in [2.45, 2.75) is 13.8 Å². The fourth-order valence-electron chi connectivity index (χ4n) is 3.74. The number of anilines is 1. The van der Waals surface area contributed by atoms with E-state index in [0.717, 1.165) is 6.07 Å². The van der Waals surface area contributed by atoms with Gasteiger partial charge in [0.25, 0.3) is 5.91 Å². The molecule has 1 amide bonds. The van der Waals surface area contributed by atoms with Crippen molar-refractivity contribution in [3.05, 3.63) is 78.3 Å². The Kier molecular flexibility index (Phi) is 8.69. The lowest BCUT2D eigenvalue weighted by molar-refractivity contribution is 0.101. The Morgan fingerprint density at radius 3 is 2.55 bits per heavy atom.